The first-order valence-electron chi connectivity index (χ1n) is 4.53. The number of rotatable bonds is 2. The van der Waals surface area contributed by atoms with E-state index in [4.69, 9.17) is 0 Å². The van der Waals surface area contributed by atoms with Crippen LogP contribution in [0.2, 0.25) is 0 Å². The fraction of sp³-hybridized carbons (Fsp3) is 0.333. The topological polar surface area (TPSA) is 75.2 Å². The van der Waals surface area contributed by atoms with Crippen molar-refractivity contribution in [3.63, 3.8) is 0 Å². The molecular formula is C9H10N4O2. The van der Waals surface area contributed by atoms with Crippen LogP contribution in [0.4, 0.5) is 5.82 Å². The molecule has 1 aromatic rings. The summed E-state index contributed by atoms with van der Waals surface area (Å²) in [6, 6.07) is 2.89. The van der Waals surface area contributed by atoms with Gasteiger partial charge in [-0.2, -0.15) is 5.10 Å². The summed E-state index contributed by atoms with van der Waals surface area (Å²) in [5, 5.41) is 10.3. The molecule has 0 bridgehead atoms. The Kier molecular flexibility index (Phi) is 2.32. The van der Waals surface area contributed by atoms with Crippen LogP contribution in [0.5, 0.6) is 0 Å². The van der Waals surface area contributed by atoms with Gasteiger partial charge in [-0.1, -0.05) is 0 Å². The number of likely N-dealkylation sites (N-methyl/N-ethyl adjacent to an activating group) is 1. The highest BCUT2D eigenvalue weighted by atomic mass is 16.2. The first-order chi connectivity index (χ1) is 7.18. The molecule has 0 aliphatic carbocycles. The number of amides is 2. The summed E-state index contributed by atoms with van der Waals surface area (Å²) in [7, 11) is 1.48. The van der Waals surface area contributed by atoms with E-state index < -0.39 is 6.04 Å². The quantitative estimate of drug-likeness (QED) is 0.669. The summed E-state index contributed by atoms with van der Waals surface area (Å²) >= 11 is 0. The monoisotopic (exact) mass is 206 g/mol. The molecule has 0 spiro atoms. The Morgan fingerprint density at radius 2 is 2.33 bits per heavy atom. The normalized spacial score (nSPS) is 20.9. The van der Waals surface area contributed by atoms with Gasteiger partial charge < -0.3 is 5.32 Å². The van der Waals surface area contributed by atoms with Crippen LogP contribution in [0.15, 0.2) is 18.3 Å². The smallest absolute Gasteiger partial charge is 0.251 e. The molecule has 0 aromatic carbocycles. The van der Waals surface area contributed by atoms with E-state index in [1.807, 2.05) is 0 Å². The molecule has 0 radical (unpaired) electrons. The van der Waals surface area contributed by atoms with Crippen molar-refractivity contribution in [2.75, 3.05) is 12.4 Å². The van der Waals surface area contributed by atoms with E-state index >= 15 is 0 Å². The highest BCUT2D eigenvalue weighted by molar-refractivity contribution is 6.06. The summed E-state index contributed by atoms with van der Waals surface area (Å²) in [6.45, 7) is 0. The predicted molar refractivity (Wildman–Crippen MR) is 51.8 cm³/mol. The average Bonchev–Trinajstić information content (AvgIpc) is 2.48. The van der Waals surface area contributed by atoms with Crippen LogP contribution in [-0.2, 0) is 9.59 Å². The van der Waals surface area contributed by atoms with Crippen molar-refractivity contribution in [3.8, 4) is 0 Å². The van der Waals surface area contributed by atoms with Gasteiger partial charge in [0.15, 0.2) is 0 Å². The van der Waals surface area contributed by atoms with Gasteiger partial charge in [-0.05, 0) is 12.1 Å². The van der Waals surface area contributed by atoms with E-state index in [0.29, 0.717) is 5.82 Å². The van der Waals surface area contributed by atoms with Gasteiger partial charge in [0.1, 0.15) is 11.9 Å². The molecule has 1 N–H and O–H groups in total. The lowest BCUT2D eigenvalue weighted by Gasteiger charge is -2.10. The zero-order valence-corrected chi connectivity index (χ0v) is 8.17. The van der Waals surface area contributed by atoms with Gasteiger partial charge in [0.05, 0.1) is 6.42 Å². The lowest BCUT2D eigenvalue weighted by molar-refractivity contribution is -0.136. The number of imide groups is 1. The Labute approximate surface area is 86.3 Å². The van der Waals surface area contributed by atoms with Crippen LogP contribution in [0.3, 0.4) is 0 Å². The molecule has 1 atom stereocenters. The number of hydrogen-bond acceptors (Lipinski definition) is 5. The molecule has 2 amide bonds. The third kappa shape index (κ3) is 1.78. The largest absolute Gasteiger partial charge is 0.356 e. The average molecular weight is 206 g/mol. The number of nitrogens with one attached hydrogen (secondary N) is 1. The number of nitrogens with zero attached hydrogens (tertiary/aromatic N) is 3. The van der Waals surface area contributed by atoms with Crippen LogP contribution in [0.1, 0.15) is 6.42 Å². The molecule has 2 heterocycles. The van der Waals surface area contributed by atoms with Crippen LogP contribution in [-0.4, -0.2) is 40.0 Å². The molecule has 1 aromatic heterocycles. The Bertz CT molecular complexity index is 392. The van der Waals surface area contributed by atoms with Crippen LogP contribution in [0.25, 0.3) is 0 Å². The summed E-state index contributed by atoms with van der Waals surface area (Å²) in [5.41, 5.74) is 0. The Hall–Kier alpha value is -1.98. The lowest BCUT2D eigenvalue weighted by atomic mass is 10.2. The molecule has 0 saturated carbocycles. The molecule has 6 nitrogen and oxygen atoms in total. The first-order valence-corrected chi connectivity index (χ1v) is 4.53. The van der Waals surface area contributed by atoms with Crippen molar-refractivity contribution in [2.45, 2.75) is 12.5 Å². The molecular weight excluding hydrogens is 196 g/mol. The van der Waals surface area contributed by atoms with E-state index in [1.54, 1.807) is 18.3 Å². The third-order valence-corrected chi connectivity index (χ3v) is 2.28. The molecule has 1 aliphatic rings. The van der Waals surface area contributed by atoms with E-state index in [9.17, 15) is 9.59 Å². The molecule has 6 heteroatoms. The maximum absolute atomic E-state index is 11.5. The molecule has 1 aliphatic heterocycles. The Morgan fingerprint density at radius 3 is 2.87 bits per heavy atom. The highest BCUT2D eigenvalue weighted by Gasteiger charge is 2.36. The number of carbonyl (C=O) groups excluding carboxylic acids is 2. The van der Waals surface area contributed by atoms with Crippen LogP contribution in [0, 0.1) is 0 Å². The second-order valence-corrected chi connectivity index (χ2v) is 3.30. The molecule has 1 fully saturated rings. The lowest BCUT2D eigenvalue weighted by Crippen LogP contribution is -2.32. The zero-order chi connectivity index (χ0) is 10.8. The van der Waals surface area contributed by atoms with E-state index in [0.717, 1.165) is 4.90 Å². The number of aromatic nitrogens is 2. The summed E-state index contributed by atoms with van der Waals surface area (Å²) in [5.74, 6) is 0.0889. The van der Waals surface area contributed by atoms with E-state index in [-0.39, 0.29) is 18.2 Å². The minimum absolute atomic E-state index is 0.173. The number of anilines is 1. The minimum Gasteiger partial charge on any atom is -0.356 e. The molecule has 1 unspecified atom stereocenters. The number of hydrogen-bond donors (Lipinski definition) is 1. The SMILES string of the molecule is CN1C(=O)CC(Nc2cccnn2)C1=O. The van der Waals surface area contributed by atoms with Gasteiger partial charge in [0.25, 0.3) is 5.91 Å². The van der Waals surface area contributed by atoms with Crippen molar-refractivity contribution in [1.82, 2.24) is 15.1 Å². The molecule has 2 rings (SSSR count). The third-order valence-electron chi connectivity index (χ3n) is 2.28. The van der Waals surface area contributed by atoms with Gasteiger partial charge in [0, 0.05) is 13.2 Å². The fourth-order valence-corrected chi connectivity index (χ4v) is 1.43. The van der Waals surface area contributed by atoms with Crippen LogP contribution < -0.4 is 5.32 Å². The second kappa shape index (κ2) is 3.64. The Balaban J connectivity index is 2.09. The number of likely N-dealkylation sites (tertiary alicyclic amines) is 1. The molecule has 78 valence electrons. The van der Waals surface area contributed by atoms with Crippen molar-refractivity contribution in [3.05, 3.63) is 18.3 Å². The van der Waals surface area contributed by atoms with Gasteiger partial charge in [0.2, 0.25) is 5.91 Å². The van der Waals surface area contributed by atoms with Crippen molar-refractivity contribution in [1.29, 1.82) is 0 Å². The summed E-state index contributed by atoms with van der Waals surface area (Å²) in [6.07, 6.45) is 1.71. The Morgan fingerprint density at radius 1 is 1.53 bits per heavy atom. The van der Waals surface area contributed by atoms with Crippen LogP contribution >= 0.6 is 0 Å². The zero-order valence-electron chi connectivity index (χ0n) is 8.17. The van der Waals surface area contributed by atoms with Crippen molar-refractivity contribution < 1.29 is 9.59 Å². The van der Waals surface area contributed by atoms with Crippen molar-refractivity contribution >= 4 is 17.6 Å². The van der Waals surface area contributed by atoms with Gasteiger partial charge >= 0.3 is 0 Å². The predicted octanol–water partition coefficient (Wildman–Crippen LogP) is -0.354. The second-order valence-electron chi connectivity index (χ2n) is 3.30. The fourth-order valence-electron chi connectivity index (χ4n) is 1.43. The molecule has 15 heavy (non-hydrogen) atoms. The summed E-state index contributed by atoms with van der Waals surface area (Å²) < 4.78 is 0. The maximum Gasteiger partial charge on any atom is 0.251 e. The standard InChI is InChI=1S/C9H10N4O2/c1-13-8(14)5-6(9(13)15)11-7-3-2-4-10-12-7/h2-4,6H,5H2,1H3,(H,11,12). The number of carbonyl (C=O) groups is 2. The van der Waals surface area contributed by atoms with E-state index in [1.165, 1.54) is 7.05 Å². The first kappa shape index (κ1) is 9.57. The van der Waals surface area contributed by atoms with Crippen molar-refractivity contribution in [2.24, 2.45) is 0 Å². The minimum atomic E-state index is -0.515. The van der Waals surface area contributed by atoms with Gasteiger partial charge in [-0.15, -0.1) is 5.10 Å². The van der Waals surface area contributed by atoms with Gasteiger partial charge in [-0.3, -0.25) is 14.5 Å². The van der Waals surface area contributed by atoms with E-state index in [2.05, 4.69) is 15.5 Å². The maximum atomic E-state index is 11.5. The highest BCUT2D eigenvalue weighted by Crippen LogP contribution is 2.14. The van der Waals surface area contributed by atoms with Gasteiger partial charge in [-0.25, -0.2) is 0 Å². The molecule has 1 saturated heterocycles. The summed E-state index contributed by atoms with van der Waals surface area (Å²) in [4.78, 5) is 23.8.